The number of rotatable bonds is 8. The third-order valence-corrected chi connectivity index (χ3v) is 6.61. The summed E-state index contributed by atoms with van der Waals surface area (Å²) in [4.78, 5) is 13.7. The number of nitrogens with zero attached hydrogens (tertiary/aromatic N) is 4. The smallest absolute Gasteiger partial charge is 0.177 e. The minimum atomic E-state index is -1.08. The minimum Gasteiger partial charge on any atom is -0.457 e. The van der Waals surface area contributed by atoms with Crippen molar-refractivity contribution in [3.05, 3.63) is 83.7 Å². The van der Waals surface area contributed by atoms with Crippen molar-refractivity contribution < 1.29 is 19.5 Å². The van der Waals surface area contributed by atoms with Crippen LogP contribution in [0.5, 0.6) is 11.5 Å². The molecule has 0 radical (unpaired) electrons. The van der Waals surface area contributed by atoms with Gasteiger partial charge in [0.05, 0.1) is 42.2 Å². The zero-order chi connectivity index (χ0) is 27.5. The molecule has 5 rings (SSSR count). The number of benzene rings is 2. The van der Waals surface area contributed by atoms with Crippen LogP contribution >= 0.6 is 0 Å². The number of morpholine rings is 1. The zero-order valence-electron chi connectivity index (χ0n) is 21.2. The van der Waals surface area contributed by atoms with Gasteiger partial charge in [-0.05, 0) is 48.9 Å². The molecule has 5 N–H and O–H groups in total. The number of para-hydroxylation sites is 1. The van der Waals surface area contributed by atoms with Crippen LogP contribution in [-0.2, 0) is 4.74 Å². The Bertz CT molecular complexity index is 1560. The fraction of sp³-hybridized carbons (Fsp3) is 0.214. The molecule has 3 heterocycles. The van der Waals surface area contributed by atoms with Crippen LogP contribution in [0.15, 0.2) is 67.0 Å². The quantitative estimate of drug-likeness (QED) is 0.152. The van der Waals surface area contributed by atoms with Crippen LogP contribution in [-0.4, -0.2) is 57.3 Å². The van der Waals surface area contributed by atoms with Gasteiger partial charge < -0.3 is 25.7 Å². The first-order chi connectivity index (χ1) is 18.9. The van der Waals surface area contributed by atoms with Gasteiger partial charge in [0.1, 0.15) is 29.3 Å². The van der Waals surface area contributed by atoms with E-state index in [1.807, 2.05) is 54.6 Å². The standard InChI is InChI=1S/C28H27N7O4/c1-17-22(27(36)24(28(30)31)23-16-34(37)11-12-38-23)15-35-26(17)25(18(13-29)14-32-35)33-19-7-9-21(10-8-19)39-20-5-3-2-4-6-20/h2-10,14-15,23-24,33,37H,11-12,16H2,1H3,(H3,30,31). The number of Topliss-reactive ketones (excluding diaryl/α,β-unsaturated/α-hetero) is 1. The average molecular weight is 526 g/mol. The first-order valence-electron chi connectivity index (χ1n) is 12.3. The highest BCUT2D eigenvalue weighted by atomic mass is 16.5. The van der Waals surface area contributed by atoms with E-state index in [2.05, 4.69) is 16.5 Å². The van der Waals surface area contributed by atoms with Crippen molar-refractivity contribution in [1.29, 1.82) is 10.7 Å². The Morgan fingerprint density at radius 2 is 1.97 bits per heavy atom. The normalized spacial score (nSPS) is 16.4. The Kier molecular flexibility index (Phi) is 7.25. The van der Waals surface area contributed by atoms with Crippen LogP contribution in [0, 0.1) is 29.6 Å². The molecule has 1 aliphatic heterocycles. The van der Waals surface area contributed by atoms with E-state index in [1.165, 1.54) is 10.7 Å². The van der Waals surface area contributed by atoms with Gasteiger partial charge in [-0.25, -0.2) is 4.52 Å². The molecule has 1 aliphatic rings. The summed E-state index contributed by atoms with van der Waals surface area (Å²) >= 11 is 0. The molecule has 2 aromatic heterocycles. The molecule has 0 saturated carbocycles. The van der Waals surface area contributed by atoms with E-state index >= 15 is 0 Å². The zero-order valence-corrected chi connectivity index (χ0v) is 21.2. The fourth-order valence-corrected chi connectivity index (χ4v) is 4.66. The molecule has 11 heteroatoms. The summed E-state index contributed by atoms with van der Waals surface area (Å²) in [7, 11) is 0. The molecule has 198 valence electrons. The van der Waals surface area contributed by atoms with E-state index in [0.717, 1.165) is 10.8 Å². The van der Waals surface area contributed by atoms with E-state index in [9.17, 15) is 15.3 Å². The summed E-state index contributed by atoms with van der Waals surface area (Å²) in [5, 5.41) is 36.5. The number of hydrogen-bond acceptors (Lipinski definition) is 9. The highest BCUT2D eigenvalue weighted by molar-refractivity contribution is 6.13. The molecule has 0 aliphatic carbocycles. The predicted molar refractivity (Wildman–Crippen MR) is 144 cm³/mol. The number of aromatic nitrogens is 2. The monoisotopic (exact) mass is 525 g/mol. The van der Waals surface area contributed by atoms with Gasteiger partial charge in [-0.2, -0.15) is 15.4 Å². The number of ether oxygens (including phenoxy) is 2. The number of hydrogen-bond donors (Lipinski definition) is 4. The Morgan fingerprint density at radius 3 is 2.64 bits per heavy atom. The largest absolute Gasteiger partial charge is 0.457 e. The highest BCUT2D eigenvalue weighted by Crippen LogP contribution is 2.33. The van der Waals surface area contributed by atoms with Gasteiger partial charge in [-0.3, -0.25) is 10.2 Å². The van der Waals surface area contributed by atoms with Crippen molar-refractivity contribution in [2.24, 2.45) is 11.7 Å². The number of carbonyl (C=O) groups is 1. The van der Waals surface area contributed by atoms with Crippen LogP contribution in [0.25, 0.3) is 5.52 Å². The second kappa shape index (κ2) is 10.9. The number of fused-ring (bicyclic) bond motifs is 1. The third-order valence-electron chi connectivity index (χ3n) is 6.61. The van der Waals surface area contributed by atoms with Gasteiger partial charge in [0.25, 0.3) is 0 Å². The molecular weight excluding hydrogens is 498 g/mol. The summed E-state index contributed by atoms with van der Waals surface area (Å²) in [5.41, 5.74) is 8.71. The lowest BCUT2D eigenvalue weighted by Gasteiger charge is -2.32. The van der Waals surface area contributed by atoms with Crippen molar-refractivity contribution >= 4 is 28.5 Å². The molecule has 2 unspecified atom stereocenters. The first kappa shape index (κ1) is 25.9. The minimum absolute atomic E-state index is 0.0516. The van der Waals surface area contributed by atoms with Gasteiger partial charge in [-0.15, -0.1) is 0 Å². The highest BCUT2D eigenvalue weighted by Gasteiger charge is 2.37. The average Bonchev–Trinajstić information content (AvgIpc) is 3.27. The lowest BCUT2D eigenvalue weighted by molar-refractivity contribution is -0.172. The molecule has 2 aromatic carbocycles. The van der Waals surface area contributed by atoms with Crippen LogP contribution < -0.4 is 15.8 Å². The third kappa shape index (κ3) is 5.30. The number of hydroxylamine groups is 2. The first-order valence-corrected chi connectivity index (χ1v) is 12.3. The van der Waals surface area contributed by atoms with Gasteiger partial charge in [0.15, 0.2) is 5.78 Å². The van der Waals surface area contributed by atoms with E-state index in [-0.39, 0.29) is 19.0 Å². The van der Waals surface area contributed by atoms with Crippen molar-refractivity contribution in [1.82, 2.24) is 14.7 Å². The van der Waals surface area contributed by atoms with Crippen LogP contribution in [0.1, 0.15) is 21.5 Å². The molecule has 0 spiro atoms. The molecular formula is C28H27N7O4. The summed E-state index contributed by atoms with van der Waals surface area (Å²) in [5.74, 6) is -0.480. The van der Waals surface area contributed by atoms with Crippen molar-refractivity contribution in [2.75, 3.05) is 25.0 Å². The summed E-state index contributed by atoms with van der Waals surface area (Å²) in [6.45, 7) is 2.33. The van der Waals surface area contributed by atoms with E-state index in [4.69, 9.17) is 20.6 Å². The van der Waals surface area contributed by atoms with Crippen molar-refractivity contribution in [3.8, 4) is 17.6 Å². The number of anilines is 2. The fourth-order valence-electron chi connectivity index (χ4n) is 4.66. The lowest BCUT2D eigenvalue weighted by Crippen LogP contribution is -2.50. The number of carbonyl (C=O) groups excluding carboxylic acids is 1. The molecule has 11 nitrogen and oxygen atoms in total. The molecule has 4 aromatic rings. The Hall–Kier alpha value is -4.76. The SMILES string of the molecule is Cc1c(C(=O)C(C(=N)N)C2CN(O)CCO2)cn2ncc(C#N)c(Nc3ccc(Oc4ccccc4)cc3)c12. The van der Waals surface area contributed by atoms with Gasteiger partial charge in [0, 0.05) is 24.0 Å². The van der Waals surface area contributed by atoms with Gasteiger partial charge in [-0.1, -0.05) is 18.2 Å². The Morgan fingerprint density at radius 1 is 1.26 bits per heavy atom. The topological polar surface area (TPSA) is 162 Å². The molecule has 2 atom stereocenters. The maximum atomic E-state index is 13.7. The van der Waals surface area contributed by atoms with E-state index in [0.29, 0.717) is 45.9 Å². The molecule has 39 heavy (non-hydrogen) atoms. The second-order valence-electron chi connectivity index (χ2n) is 9.19. The van der Waals surface area contributed by atoms with Crippen molar-refractivity contribution in [3.63, 3.8) is 0 Å². The molecule has 0 amide bonds. The van der Waals surface area contributed by atoms with Crippen LogP contribution in [0.3, 0.4) is 0 Å². The number of aryl methyl sites for hydroxylation is 1. The number of nitriles is 1. The van der Waals surface area contributed by atoms with E-state index < -0.39 is 17.8 Å². The summed E-state index contributed by atoms with van der Waals surface area (Å²) in [6.07, 6.45) is 2.21. The van der Waals surface area contributed by atoms with E-state index in [1.54, 1.807) is 13.1 Å². The predicted octanol–water partition coefficient (Wildman–Crippen LogP) is 3.88. The molecule has 1 fully saturated rings. The summed E-state index contributed by atoms with van der Waals surface area (Å²) < 4.78 is 13.1. The number of nitrogens with one attached hydrogen (secondary N) is 2. The van der Waals surface area contributed by atoms with Gasteiger partial charge in [0.2, 0.25) is 0 Å². The summed E-state index contributed by atoms with van der Waals surface area (Å²) in [6, 6.07) is 18.9. The number of ketones is 1. The van der Waals surface area contributed by atoms with Crippen molar-refractivity contribution in [2.45, 2.75) is 13.0 Å². The lowest BCUT2D eigenvalue weighted by atomic mass is 9.90. The number of amidine groups is 1. The molecule has 1 saturated heterocycles. The maximum Gasteiger partial charge on any atom is 0.177 e. The Balaban J connectivity index is 1.47. The Labute approximate surface area is 224 Å². The number of nitrogens with two attached hydrogens (primary N) is 1. The second-order valence-corrected chi connectivity index (χ2v) is 9.19. The maximum absolute atomic E-state index is 13.7. The molecule has 0 bridgehead atoms. The van der Waals surface area contributed by atoms with Gasteiger partial charge >= 0.3 is 0 Å². The van der Waals surface area contributed by atoms with Crippen LogP contribution in [0.2, 0.25) is 0 Å². The van der Waals surface area contributed by atoms with Crippen LogP contribution in [0.4, 0.5) is 11.4 Å².